The van der Waals surface area contributed by atoms with Gasteiger partial charge in [0.05, 0.1) is 5.52 Å². The number of para-hydroxylation sites is 1. The van der Waals surface area contributed by atoms with Crippen LogP contribution in [0, 0.1) is 0 Å². The first-order valence-electron chi connectivity index (χ1n) is 8.54. The molecule has 0 saturated heterocycles. The molecule has 21 heavy (non-hydrogen) atoms. The van der Waals surface area contributed by atoms with E-state index in [9.17, 15) is 0 Å². The lowest BCUT2D eigenvalue weighted by atomic mass is 9.89. The standard InChI is InChI=1S/C19H24N2/c1-2-8-14(7-1)20-13-17-15-9-3-5-11-18(15)21-19-12-6-4-10-16(17)19/h3,5,9,11,14,20H,1-2,4,6-8,10,12-13H2. The number of pyridine rings is 1. The van der Waals surface area contributed by atoms with Gasteiger partial charge in [-0.1, -0.05) is 31.0 Å². The Balaban J connectivity index is 1.73. The molecule has 0 radical (unpaired) electrons. The van der Waals surface area contributed by atoms with Gasteiger partial charge in [0.15, 0.2) is 0 Å². The van der Waals surface area contributed by atoms with Crippen LogP contribution in [0.15, 0.2) is 24.3 Å². The Morgan fingerprint density at radius 3 is 2.71 bits per heavy atom. The van der Waals surface area contributed by atoms with Gasteiger partial charge in [-0.25, -0.2) is 0 Å². The lowest BCUT2D eigenvalue weighted by molar-refractivity contribution is 0.521. The number of benzene rings is 1. The van der Waals surface area contributed by atoms with Crippen molar-refractivity contribution in [2.75, 3.05) is 0 Å². The van der Waals surface area contributed by atoms with Gasteiger partial charge in [-0.15, -0.1) is 0 Å². The monoisotopic (exact) mass is 280 g/mol. The van der Waals surface area contributed by atoms with Gasteiger partial charge in [0, 0.05) is 23.7 Å². The number of nitrogens with zero attached hydrogens (tertiary/aromatic N) is 1. The molecule has 1 aromatic heterocycles. The van der Waals surface area contributed by atoms with E-state index < -0.39 is 0 Å². The molecule has 1 aromatic carbocycles. The zero-order valence-electron chi connectivity index (χ0n) is 12.7. The van der Waals surface area contributed by atoms with Crippen molar-refractivity contribution in [2.24, 2.45) is 0 Å². The normalized spacial score (nSPS) is 19.0. The highest BCUT2D eigenvalue weighted by molar-refractivity contribution is 5.83. The second-order valence-corrected chi connectivity index (χ2v) is 6.60. The van der Waals surface area contributed by atoms with Gasteiger partial charge in [0.25, 0.3) is 0 Å². The summed E-state index contributed by atoms with van der Waals surface area (Å²) in [5, 5.41) is 5.18. The molecule has 2 aromatic rings. The zero-order chi connectivity index (χ0) is 14.1. The lowest BCUT2D eigenvalue weighted by Gasteiger charge is -2.22. The van der Waals surface area contributed by atoms with Crippen molar-refractivity contribution < 1.29 is 0 Å². The van der Waals surface area contributed by atoms with Gasteiger partial charge >= 0.3 is 0 Å². The lowest BCUT2D eigenvalue weighted by Crippen LogP contribution is -2.26. The fourth-order valence-corrected chi connectivity index (χ4v) is 4.05. The second kappa shape index (κ2) is 5.76. The van der Waals surface area contributed by atoms with E-state index in [1.54, 1.807) is 5.56 Å². The Labute approximate surface area is 127 Å². The first-order valence-corrected chi connectivity index (χ1v) is 8.54. The van der Waals surface area contributed by atoms with E-state index in [2.05, 4.69) is 29.6 Å². The number of fused-ring (bicyclic) bond motifs is 2. The molecule has 1 heterocycles. The third kappa shape index (κ3) is 2.57. The van der Waals surface area contributed by atoms with E-state index in [0.29, 0.717) is 0 Å². The Morgan fingerprint density at radius 1 is 1.00 bits per heavy atom. The molecule has 0 bridgehead atoms. The average Bonchev–Trinajstić information content (AvgIpc) is 3.05. The highest BCUT2D eigenvalue weighted by atomic mass is 14.9. The summed E-state index contributed by atoms with van der Waals surface area (Å²) >= 11 is 0. The van der Waals surface area contributed by atoms with Crippen LogP contribution < -0.4 is 5.32 Å². The molecule has 0 atom stereocenters. The van der Waals surface area contributed by atoms with Crippen LogP contribution in [0.4, 0.5) is 0 Å². The van der Waals surface area contributed by atoms with E-state index >= 15 is 0 Å². The minimum atomic E-state index is 0.733. The van der Waals surface area contributed by atoms with Gasteiger partial charge in [-0.05, 0) is 55.7 Å². The molecule has 110 valence electrons. The maximum absolute atomic E-state index is 4.93. The minimum Gasteiger partial charge on any atom is -0.310 e. The minimum absolute atomic E-state index is 0.733. The van der Waals surface area contributed by atoms with Crippen LogP contribution in [0.3, 0.4) is 0 Å². The SMILES string of the molecule is c1ccc2c(CNC3CCCC3)c3c(nc2c1)CCCC3. The third-order valence-electron chi connectivity index (χ3n) is 5.21. The Hall–Kier alpha value is -1.41. The van der Waals surface area contributed by atoms with Gasteiger partial charge < -0.3 is 5.32 Å². The van der Waals surface area contributed by atoms with Crippen molar-refractivity contribution in [3.8, 4) is 0 Å². The second-order valence-electron chi connectivity index (χ2n) is 6.60. The number of aryl methyl sites for hydroxylation is 1. The summed E-state index contributed by atoms with van der Waals surface area (Å²) in [5.41, 5.74) is 5.62. The van der Waals surface area contributed by atoms with E-state index in [0.717, 1.165) is 19.0 Å². The maximum atomic E-state index is 4.93. The number of hydrogen-bond acceptors (Lipinski definition) is 2. The molecule has 2 aliphatic carbocycles. The summed E-state index contributed by atoms with van der Waals surface area (Å²) in [7, 11) is 0. The van der Waals surface area contributed by atoms with E-state index in [1.165, 1.54) is 67.1 Å². The van der Waals surface area contributed by atoms with Gasteiger partial charge in [-0.2, -0.15) is 0 Å². The molecule has 0 spiro atoms. The van der Waals surface area contributed by atoms with Crippen molar-refractivity contribution in [2.45, 2.75) is 64.0 Å². The molecule has 2 aliphatic rings. The number of rotatable bonds is 3. The van der Waals surface area contributed by atoms with Crippen molar-refractivity contribution >= 4 is 10.9 Å². The molecule has 1 fully saturated rings. The highest BCUT2D eigenvalue weighted by Crippen LogP contribution is 2.29. The number of aromatic nitrogens is 1. The van der Waals surface area contributed by atoms with Crippen LogP contribution in [0.25, 0.3) is 10.9 Å². The number of hydrogen-bond donors (Lipinski definition) is 1. The van der Waals surface area contributed by atoms with Gasteiger partial charge in [0.2, 0.25) is 0 Å². The molecule has 4 rings (SSSR count). The maximum Gasteiger partial charge on any atom is 0.0708 e. The molecule has 2 nitrogen and oxygen atoms in total. The topological polar surface area (TPSA) is 24.9 Å². The summed E-state index contributed by atoms with van der Waals surface area (Å²) in [6.45, 7) is 1.02. The van der Waals surface area contributed by atoms with Crippen molar-refractivity contribution in [3.05, 3.63) is 41.1 Å². The molecular formula is C19H24N2. The van der Waals surface area contributed by atoms with Crippen molar-refractivity contribution in [1.29, 1.82) is 0 Å². The van der Waals surface area contributed by atoms with E-state index in [4.69, 9.17) is 4.98 Å². The quantitative estimate of drug-likeness (QED) is 0.913. The largest absolute Gasteiger partial charge is 0.310 e. The number of nitrogens with one attached hydrogen (secondary N) is 1. The Kier molecular flexibility index (Phi) is 3.64. The van der Waals surface area contributed by atoms with Crippen LogP contribution in [0.2, 0.25) is 0 Å². The van der Waals surface area contributed by atoms with E-state index in [1.807, 2.05) is 0 Å². The molecule has 0 unspecified atom stereocenters. The smallest absolute Gasteiger partial charge is 0.0708 e. The van der Waals surface area contributed by atoms with Gasteiger partial charge in [-0.3, -0.25) is 4.98 Å². The fraction of sp³-hybridized carbons (Fsp3) is 0.526. The first-order chi connectivity index (χ1) is 10.4. The Morgan fingerprint density at radius 2 is 1.81 bits per heavy atom. The fourth-order valence-electron chi connectivity index (χ4n) is 4.05. The van der Waals surface area contributed by atoms with Crippen LogP contribution >= 0.6 is 0 Å². The summed E-state index contributed by atoms with van der Waals surface area (Å²) < 4.78 is 0. The summed E-state index contributed by atoms with van der Waals surface area (Å²) in [6.07, 6.45) is 10.5. The van der Waals surface area contributed by atoms with Crippen LogP contribution in [0.1, 0.15) is 55.3 Å². The Bertz CT molecular complexity index is 641. The van der Waals surface area contributed by atoms with E-state index in [-0.39, 0.29) is 0 Å². The van der Waals surface area contributed by atoms with Crippen LogP contribution in [-0.2, 0) is 19.4 Å². The molecule has 1 N–H and O–H groups in total. The predicted molar refractivity (Wildman–Crippen MR) is 87.5 cm³/mol. The molecular weight excluding hydrogens is 256 g/mol. The average molecular weight is 280 g/mol. The summed E-state index contributed by atoms with van der Waals surface area (Å²) in [4.78, 5) is 4.93. The van der Waals surface area contributed by atoms with Crippen LogP contribution in [-0.4, -0.2) is 11.0 Å². The third-order valence-corrected chi connectivity index (χ3v) is 5.21. The molecule has 0 aliphatic heterocycles. The molecule has 1 saturated carbocycles. The van der Waals surface area contributed by atoms with Crippen molar-refractivity contribution in [1.82, 2.24) is 10.3 Å². The summed E-state index contributed by atoms with van der Waals surface area (Å²) in [5.74, 6) is 0. The molecule has 2 heteroatoms. The van der Waals surface area contributed by atoms with Crippen molar-refractivity contribution in [3.63, 3.8) is 0 Å². The molecule has 0 amide bonds. The van der Waals surface area contributed by atoms with Gasteiger partial charge in [0.1, 0.15) is 0 Å². The first kappa shape index (κ1) is 13.3. The van der Waals surface area contributed by atoms with Crippen LogP contribution in [0.5, 0.6) is 0 Å². The predicted octanol–water partition coefficient (Wildman–Crippen LogP) is 4.15. The summed E-state index contributed by atoms with van der Waals surface area (Å²) in [6, 6.07) is 9.42. The zero-order valence-corrected chi connectivity index (χ0v) is 12.7. The highest BCUT2D eigenvalue weighted by Gasteiger charge is 2.19.